The van der Waals surface area contributed by atoms with E-state index in [2.05, 4.69) is 25.7 Å². The Hall–Kier alpha value is -2.71. The number of ether oxygens (including phenoxy) is 1. The van der Waals surface area contributed by atoms with Gasteiger partial charge in [0.15, 0.2) is 0 Å². The summed E-state index contributed by atoms with van der Waals surface area (Å²) < 4.78 is 5.44. The lowest BCUT2D eigenvalue weighted by molar-refractivity contribution is -0.133. The second-order valence-electron chi connectivity index (χ2n) is 6.75. The first-order valence-corrected chi connectivity index (χ1v) is 9.20. The van der Waals surface area contributed by atoms with Gasteiger partial charge in [0.1, 0.15) is 17.6 Å². The van der Waals surface area contributed by atoms with Crippen LogP contribution in [0.4, 0.5) is 5.82 Å². The van der Waals surface area contributed by atoms with E-state index in [0.29, 0.717) is 19.5 Å². The number of anilines is 1. The normalized spacial score (nSPS) is 22.7. The molecule has 0 aliphatic carbocycles. The van der Waals surface area contributed by atoms with Crippen molar-refractivity contribution in [3.05, 3.63) is 48.4 Å². The van der Waals surface area contributed by atoms with Crippen LogP contribution in [-0.2, 0) is 4.79 Å². The first-order chi connectivity index (χ1) is 13.3. The van der Waals surface area contributed by atoms with E-state index in [1.165, 1.54) is 0 Å². The Bertz CT molecular complexity index is 779. The number of carbonyl (C=O) groups is 1. The molecule has 0 spiro atoms. The fraction of sp³-hybridized carbons (Fsp3) is 0.421. The molecule has 0 saturated carbocycles. The maximum atomic E-state index is 12.9. The molecule has 8 nitrogen and oxygen atoms in total. The number of hydrogen-bond donors (Lipinski definition) is 2. The molecule has 1 amide bonds. The first-order valence-electron chi connectivity index (χ1n) is 9.20. The van der Waals surface area contributed by atoms with Crippen molar-refractivity contribution in [2.75, 3.05) is 38.2 Å². The quantitative estimate of drug-likeness (QED) is 0.824. The summed E-state index contributed by atoms with van der Waals surface area (Å²) >= 11 is 0. The second kappa shape index (κ2) is 7.89. The van der Waals surface area contributed by atoms with Crippen LogP contribution in [0.1, 0.15) is 18.0 Å². The summed E-state index contributed by atoms with van der Waals surface area (Å²) in [4.78, 5) is 25.5. The molecule has 2 atom stereocenters. The van der Waals surface area contributed by atoms with Gasteiger partial charge in [-0.25, -0.2) is 15.8 Å². The smallest absolute Gasteiger partial charge is 0.241 e. The molecule has 0 radical (unpaired) electrons. The van der Waals surface area contributed by atoms with Crippen LogP contribution >= 0.6 is 0 Å². The Labute approximate surface area is 158 Å². The number of hydrogen-bond acceptors (Lipinski definition) is 7. The van der Waals surface area contributed by atoms with Gasteiger partial charge in [0, 0.05) is 44.1 Å². The highest BCUT2D eigenvalue weighted by Gasteiger charge is 2.35. The number of benzene rings is 1. The highest BCUT2D eigenvalue weighted by atomic mass is 16.5. The molecule has 8 heteroatoms. The van der Waals surface area contributed by atoms with Crippen LogP contribution in [0, 0.1) is 0 Å². The molecule has 142 valence electrons. The van der Waals surface area contributed by atoms with E-state index < -0.39 is 0 Å². The van der Waals surface area contributed by atoms with Crippen molar-refractivity contribution in [3.8, 4) is 5.75 Å². The van der Waals surface area contributed by atoms with E-state index in [4.69, 9.17) is 4.74 Å². The topological polar surface area (TPSA) is 82.6 Å². The Morgan fingerprint density at radius 1 is 1.15 bits per heavy atom. The number of piperazine rings is 1. The molecule has 2 N–H and O–H groups in total. The number of amides is 1. The molecule has 27 heavy (non-hydrogen) atoms. The van der Waals surface area contributed by atoms with Crippen molar-refractivity contribution < 1.29 is 9.53 Å². The first kappa shape index (κ1) is 17.7. The highest BCUT2D eigenvalue weighted by Crippen LogP contribution is 2.30. The molecule has 4 rings (SSSR count). The molecule has 0 bridgehead atoms. The van der Waals surface area contributed by atoms with Crippen molar-refractivity contribution in [2.45, 2.75) is 18.5 Å². The minimum absolute atomic E-state index is 0.0518. The van der Waals surface area contributed by atoms with Crippen molar-refractivity contribution in [1.29, 1.82) is 0 Å². The maximum absolute atomic E-state index is 12.9. The zero-order valence-electron chi connectivity index (χ0n) is 15.3. The molecule has 1 aromatic carbocycles. The summed E-state index contributed by atoms with van der Waals surface area (Å²) in [5.74, 6) is 1.84. The van der Waals surface area contributed by atoms with E-state index in [1.54, 1.807) is 25.7 Å². The van der Waals surface area contributed by atoms with Crippen LogP contribution in [0.3, 0.4) is 0 Å². The van der Waals surface area contributed by atoms with E-state index in [1.807, 2.05) is 29.2 Å². The number of carbonyl (C=O) groups excluding carboxylic acids is 1. The fourth-order valence-corrected chi connectivity index (χ4v) is 3.71. The summed E-state index contributed by atoms with van der Waals surface area (Å²) in [6, 6.07) is 7.73. The Morgan fingerprint density at radius 2 is 1.96 bits per heavy atom. The monoisotopic (exact) mass is 368 g/mol. The van der Waals surface area contributed by atoms with Gasteiger partial charge in [-0.2, -0.15) is 0 Å². The average Bonchev–Trinajstić information content (AvgIpc) is 3.24. The highest BCUT2D eigenvalue weighted by molar-refractivity contribution is 5.82. The summed E-state index contributed by atoms with van der Waals surface area (Å²) in [7, 11) is 1.67. The summed E-state index contributed by atoms with van der Waals surface area (Å²) in [6.07, 6.45) is 5.82. The predicted molar refractivity (Wildman–Crippen MR) is 101 cm³/mol. The van der Waals surface area contributed by atoms with Crippen LogP contribution in [0.5, 0.6) is 5.75 Å². The minimum atomic E-state index is -0.233. The zero-order valence-corrected chi connectivity index (χ0v) is 15.3. The molecule has 2 unspecified atom stereocenters. The third-order valence-corrected chi connectivity index (χ3v) is 5.18. The molecule has 2 saturated heterocycles. The number of aromatic nitrogens is 2. The number of para-hydroxylation sites is 1. The number of rotatable bonds is 4. The van der Waals surface area contributed by atoms with Gasteiger partial charge in [-0.3, -0.25) is 9.78 Å². The molecular formula is C19H24N6O2. The largest absolute Gasteiger partial charge is 0.496 e. The summed E-state index contributed by atoms with van der Waals surface area (Å²) in [5, 5.41) is 0. The maximum Gasteiger partial charge on any atom is 0.241 e. The Balaban J connectivity index is 1.35. The molecule has 3 heterocycles. The van der Waals surface area contributed by atoms with Crippen LogP contribution in [0.2, 0.25) is 0 Å². The van der Waals surface area contributed by atoms with Crippen LogP contribution in [-0.4, -0.2) is 60.1 Å². The van der Waals surface area contributed by atoms with Gasteiger partial charge >= 0.3 is 0 Å². The van der Waals surface area contributed by atoms with Crippen molar-refractivity contribution in [2.24, 2.45) is 0 Å². The van der Waals surface area contributed by atoms with Crippen LogP contribution in [0.25, 0.3) is 0 Å². The van der Waals surface area contributed by atoms with Crippen LogP contribution < -0.4 is 20.5 Å². The zero-order chi connectivity index (χ0) is 18.6. The molecule has 2 fully saturated rings. The lowest BCUT2D eigenvalue weighted by atomic mass is 10.0. The third kappa shape index (κ3) is 3.72. The lowest BCUT2D eigenvalue weighted by Gasteiger charge is -2.36. The molecular weight excluding hydrogens is 344 g/mol. The molecule has 2 aliphatic rings. The van der Waals surface area contributed by atoms with Gasteiger partial charge in [0.05, 0.1) is 19.3 Å². The predicted octanol–water partition coefficient (Wildman–Crippen LogP) is 0.742. The second-order valence-corrected chi connectivity index (χ2v) is 6.75. The minimum Gasteiger partial charge on any atom is -0.496 e. The van der Waals surface area contributed by atoms with Gasteiger partial charge in [-0.15, -0.1) is 0 Å². The standard InChI is InChI=1S/C19H24N6O2/c1-27-17-5-3-2-4-14(17)15-12-16(23-22-15)19(26)25-10-8-24(9-11-25)18-13-20-6-7-21-18/h2-7,13,15-16,22-23H,8-12H2,1H3. The van der Waals surface area contributed by atoms with Gasteiger partial charge in [0.25, 0.3) is 0 Å². The van der Waals surface area contributed by atoms with E-state index in [9.17, 15) is 4.79 Å². The van der Waals surface area contributed by atoms with Crippen molar-refractivity contribution in [3.63, 3.8) is 0 Å². The summed E-state index contributed by atoms with van der Waals surface area (Å²) in [5.41, 5.74) is 7.47. The number of nitrogens with one attached hydrogen (secondary N) is 2. The van der Waals surface area contributed by atoms with Gasteiger partial charge in [0.2, 0.25) is 5.91 Å². The van der Waals surface area contributed by atoms with Gasteiger partial charge in [-0.1, -0.05) is 18.2 Å². The van der Waals surface area contributed by atoms with Gasteiger partial charge in [-0.05, 0) is 12.5 Å². The summed E-state index contributed by atoms with van der Waals surface area (Å²) in [6.45, 7) is 2.90. The van der Waals surface area contributed by atoms with Crippen LogP contribution in [0.15, 0.2) is 42.9 Å². The molecule has 2 aromatic rings. The van der Waals surface area contributed by atoms with Gasteiger partial charge < -0.3 is 14.5 Å². The van der Waals surface area contributed by atoms with Crippen molar-refractivity contribution in [1.82, 2.24) is 25.7 Å². The van der Waals surface area contributed by atoms with E-state index >= 15 is 0 Å². The Morgan fingerprint density at radius 3 is 2.70 bits per heavy atom. The molecule has 1 aromatic heterocycles. The Kier molecular flexibility index (Phi) is 5.17. The SMILES string of the molecule is COc1ccccc1C1CC(C(=O)N2CCN(c3cnccn3)CC2)NN1. The number of nitrogens with zero attached hydrogens (tertiary/aromatic N) is 4. The van der Waals surface area contributed by atoms with Crippen molar-refractivity contribution >= 4 is 11.7 Å². The third-order valence-electron chi connectivity index (χ3n) is 5.18. The number of methoxy groups -OCH3 is 1. The average molecular weight is 368 g/mol. The van der Waals surface area contributed by atoms with E-state index in [-0.39, 0.29) is 18.0 Å². The number of hydrazine groups is 1. The fourth-order valence-electron chi connectivity index (χ4n) is 3.71. The molecule has 2 aliphatic heterocycles. The lowest BCUT2D eigenvalue weighted by Crippen LogP contribution is -2.53. The van der Waals surface area contributed by atoms with E-state index in [0.717, 1.165) is 30.2 Å².